The van der Waals surface area contributed by atoms with Crippen molar-refractivity contribution in [1.82, 2.24) is 9.62 Å². The zero-order valence-electron chi connectivity index (χ0n) is 7.56. The van der Waals surface area contributed by atoms with Crippen molar-refractivity contribution in [2.75, 3.05) is 6.54 Å². The molecule has 79 valence electrons. The van der Waals surface area contributed by atoms with Gasteiger partial charge in [0.2, 0.25) is 0 Å². The normalized spacial score (nSPS) is 24.1. The molecule has 3 nitrogen and oxygen atoms in total. The van der Waals surface area contributed by atoms with E-state index >= 15 is 0 Å². The second-order valence-corrected chi connectivity index (χ2v) is 6.95. The van der Waals surface area contributed by atoms with Gasteiger partial charge in [-0.1, -0.05) is 11.6 Å². The number of halogens is 1. The van der Waals surface area contributed by atoms with Crippen molar-refractivity contribution in [2.24, 2.45) is 4.40 Å². The van der Waals surface area contributed by atoms with Crippen molar-refractivity contribution in [2.45, 2.75) is 6.92 Å². The molecule has 15 heavy (non-hydrogen) atoms. The van der Waals surface area contributed by atoms with Crippen molar-refractivity contribution in [3.63, 3.8) is 0 Å². The van der Waals surface area contributed by atoms with Gasteiger partial charge in [0.25, 0.3) is 0 Å². The first kappa shape index (κ1) is 10.6. The minimum absolute atomic E-state index is 0.808. The van der Waals surface area contributed by atoms with Gasteiger partial charge in [-0.25, -0.2) is 0 Å². The Labute approximate surface area is 109 Å². The molecule has 0 amide bonds. The van der Waals surface area contributed by atoms with Crippen LogP contribution in [0.4, 0.5) is 0 Å². The predicted octanol–water partition coefficient (Wildman–Crippen LogP) is 3.56. The van der Waals surface area contributed by atoms with E-state index in [0.29, 0.717) is 0 Å². The quantitative estimate of drug-likeness (QED) is 0.545. The van der Waals surface area contributed by atoms with Crippen LogP contribution in [0.2, 0.25) is 0 Å². The minimum Gasteiger partial charge on any atom is -0.308 e. The van der Waals surface area contributed by atoms with Crippen LogP contribution in [-0.2, 0) is 0 Å². The Morgan fingerprint density at radius 2 is 2.07 bits per heavy atom. The number of amidine groups is 1. The molecule has 0 fully saturated rings. The highest BCUT2D eigenvalue weighted by Gasteiger charge is 2.38. The maximum Gasteiger partial charge on any atom is 0.159 e. The summed E-state index contributed by atoms with van der Waals surface area (Å²) in [5.41, 5.74) is 0. The van der Waals surface area contributed by atoms with Gasteiger partial charge in [-0.15, -0.1) is 0 Å². The number of nitrogens with zero attached hydrogens (tertiary/aromatic N) is 3. The first-order valence-corrected chi connectivity index (χ1v) is 8.80. The molecule has 0 atom stereocenters. The van der Waals surface area contributed by atoms with Gasteiger partial charge in [-0.3, -0.25) is 0 Å². The monoisotopic (exact) mass is 294 g/mol. The fourth-order valence-corrected chi connectivity index (χ4v) is 5.91. The topological polar surface area (TPSA) is 29.7 Å². The molecule has 3 rings (SSSR count). The van der Waals surface area contributed by atoms with Crippen molar-refractivity contribution in [1.29, 1.82) is 0 Å². The Bertz CT molecular complexity index is 416. The molecule has 0 aromatic carbocycles. The maximum absolute atomic E-state index is 6.33. The molecule has 0 N–H and O–H groups in total. The van der Waals surface area contributed by atoms with Gasteiger partial charge in [-0.2, -0.15) is 9.12 Å². The molecule has 0 bridgehead atoms. The Hall–Kier alpha value is 0.440. The standard InChI is InChI=1S/C7H5ClN3S4/c1-2-11-6-4(12-14-9-6)3(8)5-7(11)10-15-13-5/h2H2,1H3. The average Bonchev–Trinajstić information content (AvgIpc) is 2.85. The summed E-state index contributed by atoms with van der Waals surface area (Å²) in [6.45, 7) is 2.97. The van der Waals surface area contributed by atoms with Crippen LogP contribution in [0.5, 0.6) is 0 Å². The van der Waals surface area contributed by atoms with Crippen LogP contribution < -0.4 is 4.72 Å². The van der Waals surface area contributed by atoms with Crippen molar-refractivity contribution < 1.29 is 0 Å². The molecular formula is C7H5ClN3S4. The number of allylic oxidation sites excluding steroid dienone is 1. The molecule has 3 aliphatic heterocycles. The summed E-state index contributed by atoms with van der Waals surface area (Å²) in [7, 11) is 6.20. The van der Waals surface area contributed by atoms with E-state index in [1.54, 1.807) is 21.6 Å². The fourth-order valence-electron chi connectivity index (χ4n) is 1.46. The van der Waals surface area contributed by atoms with Crippen LogP contribution in [0, 0.1) is 0 Å². The van der Waals surface area contributed by atoms with E-state index in [1.165, 1.54) is 22.0 Å². The Balaban J connectivity index is 2.14. The molecule has 0 aliphatic carbocycles. The summed E-state index contributed by atoms with van der Waals surface area (Å²) < 4.78 is 8.78. The summed E-state index contributed by atoms with van der Waals surface area (Å²) >= 11 is 6.33. The fraction of sp³-hybridized carbons (Fsp3) is 0.286. The van der Waals surface area contributed by atoms with E-state index in [9.17, 15) is 0 Å². The highest BCUT2D eigenvalue weighted by molar-refractivity contribution is 8.79. The first-order chi connectivity index (χ1) is 7.33. The third-order valence-corrected chi connectivity index (χ3v) is 6.37. The second kappa shape index (κ2) is 4.03. The zero-order chi connectivity index (χ0) is 10.4. The van der Waals surface area contributed by atoms with Gasteiger partial charge in [0.15, 0.2) is 11.7 Å². The zero-order valence-corrected chi connectivity index (χ0v) is 11.6. The molecule has 1 radical (unpaired) electrons. The summed E-state index contributed by atoms with van der Waals surface area (Å²) in [6.07, 6.45) is 0. The molecule has 0 saturated carbocycles. The average molecular weight is 295 g/mol. The highest BCUT2D eigenvalue weighted by atomic mass is 35.5. The predicted molar refractivity (Wildman–Crippen MR) is 72.2 cm³/mol. The van der Waals surface area contributed by atoms with Crippen molar-refractivity contribution >= 4 is 61.0 Å². The third-order valence-electron chi connectivity index (χ3n) is 2.12. The van der Waals surface area contributed by atoms with Gasteiger partial charge in [-0.05, 0) is 28.5 Å². The molecule has 0 saturated heterocycles. The third kappa shape index (κ3) is 1.51. The van der Waals surface area contributed by atoms with E-state index in [1.807, 2.05) is 0 Å². The lowest BCUT2D eigenvalue weighted by atomic mass is 10.3. The summed E-state index contributed by atoms with van der Waals surface area (Å²) in [6, 6.07) is 0. The Morgan fingerprint density at radius 1 is 1.27 bits per heavy atom. The van der Waals surface area contributed by atoms with Gasteiger partial charge < -0.3 is 4.90 Å². The molecule has 0 aromatic rings. The van der Waals surface area contributed by atoms with E-state index in [-0.39, 0.29) is 0 Å². The summed E-state index contributed by atoms with van der Waals surface area (Å²) in [5.74, 6) is 1.92. The molecule has 8 heteroatoms. The van der Waals surface area contributed by atoms with Crippen LogP contribution in [0.15, 0.2) is 25.1 Å². The maximum atomic E-state index is 6.33. The van der Waals surface area contributed by atoms with Crippen LogP contribution >= 0.6 is 55.1 Å². The van der Waals surface area contributed by atoms with Crippen LogP contribution in [0.3, 0.4) is 0 Å². The van der Waals surface area contributed by atoms with E-state index in [0.717, 1.165) is 33.0 Å². The highest BCUT2D eigenvalue weighted by Crippen LogP contribution is 2.54. The van der Waals surface area contributed by atoms with E-state index in [2.05, 4.69) is 20.9 Å². The van der Waals surface area contributed by atoms with Gasteiger partial charge >= 0.3 is 0 Å². The lowest BCUT2D eigenvalue weighted by Crippen LogP contribution is -2.34. The lowest BCUT2D eigenvalue weighted by Gasteiger charge is -2.27. The van der Waals surface area contributed by atoms with Crippen molar-refractivity contribution in [3.05, 3.63) is 20.7 Å². The van der Waals surface area contributed by atoms with E-state index in [4.69, 9.17) is 11.6 Å². The van der Waals surface area contributed by atoms with Crippen molar-refractivity contribution in [3.8, 4) is 0 Å². The lowest BCUT2D eigenvalue weighted by molar-refractivity contribution is 0.522. The van der Waals surface area contributed by atoms with Crippen LogP contribution in [0.25, 0.3) is 0 Å². The van der Waals surface area contributed by atoms with Crippen LogP contribution in [-0.4, -0.2) is 17.3 Å². The molecule has 0 unspecified atom stereocenters. The number of rotatable bonds is 1. The van der Waals surface area contributed by atoms with E-state index < -0.39 is 0 Å². The number of fused-ring (bicyclic) bond motifs is 1. The molecule has 3 aliphatic rings. The summed E-state index contributed by atoms with van der Waals surface area (Å²) in [5, 5.41) is 0.808. The smallest absolute Gasteiger partial charge is 0.159 e. The molecular weight excluding hydrogens is 290 g/mol. The largest absolute Gasteiger partial charge is 0.308 e. The minimum atomic E-state index is 0.808. The first-order valence-electron chi connectivity index (χ1n) is 4.21. The molecule has 0 spiro atoms. The summed E-state index contributed by atoms with van der Waals surface area (Å²) in [4.78, 5) is 4.27. The Kier molecular flexibility index (Phi) is 2.84. The number of hydrogen-bond acceptors (Lipinski definition) is 6. The molecule has 0 aromatic heterocycles. The number of hydrogen-bond donors (Lipinski definition) is 0. The SMILES string of the molecule is CCN1C2=NSSC2=C(Cl)C2=C1[N]SS2. The van der Waals surface area contributed by atoms with Gasteiger partial charge in [0.1, 0.15) is 0 Å². The van der Waals surface area contributed by atoms with Gasteiger partial charge in [0.05, 0.1) is 36.8 Å². The van der Waals surface area contributed by atoms with Gasteiger partial charge in [0, 0.05) is 6.54 Å². The molecule has 3 heterocycles. The Morgan fingerprint density at radius 3 is 2.87 bits per heavy atom. The van der Waals surface area contributed by atoms with Crippen LogP contribution in [0.1, 0.15) is 6.92 Å². The number of likely N-dealkylation sites (N-methyl/N-ethyl adjacent to an activating group) is 1. The second-order valence-electron chi connectivity index (χ2n) is 2.86.